The molecule has 7 rings (SSSR count). The highest BCUT2D eigenvalue weighted by atomic mass is 17.3. The molecule has 1 aliphatic carbocycles. The number of fused-ring (bicyclic) bond motifs is 2. The number of nitrogens with zero attached hydrogens (tertiary/aromatic N) is 1. The fraction of sp³-hybridized carbons (Fsp3) is 0.719. The van der Waals surface area contributed by atoms with Crippen molar-refractivity contribution in [2.75, 3.05) is 6.61 Å². The minimum Gasteiger partial charge on any atom is -0.435 e. The van der Waals surface area contributed by atoms with E-state index in [1.54, 1.807) is 0 Å². The summed E-state index contributed by atoms with van der Waals surface area (Å²) in [5, 5.41) is 3.84. The molecule has 2 N–H and O–H groups in total. The van der Waals surface area contributed by atoms with Gasteiger partial charge in [0.15, 0.2) is 24.0 Å². The monoisotopic (exact) mass is 616 g/mol. The number of amidine groups is 1. The summed E-state index contributed by atoms with van der Waals surface area (Å²) >= 11 is 0. The Kier molecular flexibility index (Phi) is 9.28. The van der Waals surface area contributed by atoms with E-state index in [-0.39, 0.29) is 36.4 Å². The number of carbonyl (C=O) groups excluding carboxylic acids is 2. The zero-order valence-corrected chi connectivity index (χ0v) is 25.7. The van der Waals surface area contributed by atoms with Crippen molar-refractivity contribution in [2.24, 2.45) is 34.6 Å². The lowest BCUT2D eigenvalue weighted by atomic mass is 9.58. The second kappa shape index (κ2) is 13.0. The van der Waals surface area contributed by atoms with Gasteiger partial charge in [-0.05, 0) is 62.8 Å². The summed E-state index contributed by atoms with van der Waals surface area (Å²) in [6.07, 6.45) is 2.97. The number of carbonyl (C=O) groups is 2. The quantitative estimate of drug-likeness (QED) is 0.104. The first kappa shape index (κ1) is 31.4. The largest absolute Gasteiger partial charge is 0.435 e. The summed E-state index contributed by atoms with van der Waals surface area (Å²) in [5.41, 5.74) is 6.22. The minimum absolute atomic E-state index is 0.0176. The van der Waals surface area contributed by atoms with Gasteiger partial charge in [0.25, 0.3) is 0 Å². The second-order valence-corrected chi connectivity index (χ2v) is 13.0. The van der Waals surface area contributed by atoms with Crippen molar-refractivity contribution in [3.05, 3.63) is 35.9 Å². The smallest absolute Gasteiger partial charge is 0.335 e. The fourth-order valence-corrected chi connectivity index (χ4v) is 7.51. The summed E-state index contributed by atoms with van der Waals surface area (Å²) in [4.78, 5) is 42.5. The molecule has 12 heteroatoms. The molecular formula is C32H44N2O10. The van der Waals surface area contributed by atoms with Crippen LogP contribution in [0.5, 0.6) is 0 Å². The summed E-state index contributed by atoms with van der Waals surface area (Å²) in [6, 6.07) is 9.29. The van der Waals surface area contributed by atoms with Gasteiger partial charge in [0.2, 0.25) is 12.1 Å². The van der Waals surface area contributed by atoms with E-state index >= 15 is 0 Å². The van der Waals surface area contributed by atoms with Crippen LogP contribution in [0.2, 0.25) is 0 Å². The first-order valence-corrected chi connectivity index (χ1v) is 15.9. The zero-order valence-electron chi connectivity index (χ0n) is 25.7. The highest BCUT2D eigenvalue weighted by molar-refractivity contribution is 5.86. The predicted molar refractivity (Wildman–Crippen MR) is 154 cm³/mol. The maximum atomic E-state index is 12.9. The first-order valence-electron chi connectivity index (χ1n) is 15.9. The number of oxime groups is 1. The molecule has 6 aliphatic rings. The van der Waals surface area contributed by atoms with Crippen LogP contribution in [-0.4, -0.2) is 54.6 Å². The van der Waals surface area contributed by atoms with Gasteiger partial charge in [0.1, 0.15) is 6.10 Å². The standard InChI is InChI=1S/C32H44N2O10/c1-19-12-13-23-20(2)29(40-30-32(23)22(19)16-17-31(3,41-30)43-44-32)38-24(35)14-15-25(36)42-34-28(33)27(21-9-5-4-6-10-21)39-26-11-7-8-18-37-26/h4-6,9-10,19-20,22-23,26-27,29-30H,7-8,11-18H2,1-3H3,(H2,33,34)/t19-,20-,22-,23-,26+,27-,29-,30-,31-,32-/m1/s1. The molecule has 0 amide bonds. The lowest BCUT2D eigenvalue weighted by Gasteiger charge is -2.59. The van der Waals surface area contributed by atoms with Crippen LogP contribution in [0.25, 0.3) is 0 Å². The third-order valence-electron chi connectivity index (χ3n) is 9.93. The first-order chi connectivity index (χ1) is 21.2. The van der Waals surface area contributed by atoms with Crippen molar-refractivity contribution in [1.82, 2.24) is 0 Å². The van der Waals surface area contributed by atoms with Gasteiger partial charge < -0.3 is 34.3 Å². The van der Waals surface area contributed by atoms with Gasteiger partial charge >= 0.3 is 11.9 Å². The van der Waals surface area contributed by atoms with Gasteiger partial charge in [-0.1, -0.05) is 49.3 Å². The zero-order chi connectivity index (χ0) is 30.9. The number of benzene rings is 1. The molecule has 1 aromatic rings. The molecular weight excluding hydrogens is 572 g/mol. The lowest BCUT2D eigenvalue weighted by molar-refractivity contribution is -0.576. The van der Waals surface area contributed by atoms with Crippen molar-refractivity contribution >= 4 is 17.8 Å². The van der Waals surface area contributed by atoms with Gasteiger partial charge in [0, 0.05) is 24.9 Å². The Morgan fingerprint density at radius 1 is 1.02 bits per heavy atom. The molecule has 0 aromatic heterocycles. The summed E-state index contributed by atoms with van der Waals surface area (Å²) in [6.45, 7) is 6.69. The van der Waals surface area contributed by atoms with E-state index in [4.69, 9.17) is 44.0 Å². The van der Waals surface area contributed by atoms with Crippen molar-refractivity contribution < 1.29 is 47.9 Å². The van der Waals surface area contributed by atoms with Crippen LogP contribution in [0, 0.1) is 23.7 Å². The molecule has 1 aromatic carbocycles. The van der Waals surface area contributed by atoms with Gasteiger partial charge in [0.05, 0.1) is 12.8 Å². The molecule has 5 saturated heterocycles. The van der Waals surface area contributed by atoms with E-state index in [0.717, 1.165) is 44.1 Å². The molecule has 6 fully saturated rings. The molecule has 1 saturated carbocycles. The predicted octanol–water partition coefficient (Wildman–Crippen LogP) is 4.62. The molecule has 44 heavy (non-hydrogen) atoms. The fourth-order valence-electron chi connectivity index (χ4n) is 7.51. The normalized spacial score (nSPS) is 39.1. The highest BCUT2D eigenvalue weighted by Crippen LogP contribution is 2.60. The van der Waals surface area contributed by atoms with Crippen LogP contribution in [0.1, 0.15) is 90.2 Å². The summed E-state index contributed by atoms with van der Waals surface area (Å²) < 4.78 is 30.2. The molecule has 0 unspecified atom stereocenters. The molecule has 5 heterocycles. The van der Waals surface area contributed by atoms with Crippen LogP contribution in [0.4, 0.5) is 0 Å². The molecule has 5 aliphatic heterocycles. The Bertz CT molecular complexity index is 1210. The Morgan fingerprint density at radius 2 is 1.82 bits per heavy atom. The summed E-state index contributed by atoms with van der Waals surface area (Å²) in [7, 11) is 0. The van der Waals surface area contributed by atoms with Gasteiger partial charge in [-0.25, -0.2) is 14.6 Å². The van der Waals surface area contributed by atoms with Crippen molar-refractivity contribution in [3.8, 4) is 0 Å². The molecule has 2 bridgehead atoms. The van der Waals surface area contributed by atoms with Crippen molar-refractivity contribution in [3.63, 3.8) is 0 Å². The van der Waals surface area contributed by atoms with Crippen LogP contribution in [0.3, 0.4) is 0 Å². The highest BCUT2D eigenvalue weighted by Gasteiger charge is 2.69. The van der Waals surface area contributed by atoms with Gasteiger partial charge in [-0.3, -0.25) is 4.79 Å². The number of hydrogen-bond acceptors (Lipinski definition) is 11. The topological polar surface area (TPSA) is 146 Å². The van der Waals surface area contributed by atoms with E-state index in [2.05, 4.69) is 12.1 Å². The average Bonchev–Trinajstić information content (AvgIpc) is 3.26. The number of hydrogen-bond donors (Lipinski definition) is 1. The summed E-state index contributed by atoms with van der Waals surface area (Å²) in [5.74, 6) is -1.79. The maximum absolute atomic E-state index is 12.9. The van der Waals surface area contributed by atoms with Crippen LogP contribution in [-0.2, 0) is 47.9 Å². The average molecular weight is 617 g/mol. The van der Waals surface area contributed by atoms with Gasteiger partial charge in [-0.15, -0.1) is 0 Å². The minimum atomic E-state index is -0.924. The molecule has 242 valence electrons. The van der Waals surface area contributed by atoms with Gasteiger partial charge in [-0.2, -0.15) is 0 Å². The Labute approximate surface area is 257 Å². The number of nitrogens with two attached hydrogens (primary N) is 1. The van der Waals surface area contributed by atoms with E-state index < -0.39 is 48.3 Å². The third kappa shape index (κ3) is 6.25. The molecule has 10 atom stereocenters. The Balaban J connectivity index is 1.04. The van der Waals surface area contributed by atoms with E-state index in [0.29, 0.717) is 18.9 Å². The molecule has 1 spiro atoms. The van der Waals surface area contributed by atoms with Crippen LogP contribution < -0.4 is 5.73 Å². The second-order valence-electron chi connectivity index (χ2n) is 13.0. The van der Waals surface area contributed by atoms with Crippen molar-refractivity contribution in [2.45, 2.75) is 115 Å². The Hall–Kier alpha value is -2.61. The van der Waals surface area contributed by atoms with Crippen LogP contribution >= 0.6 is 0 Å². The molecule has 12 nitrogen and oxygen atoms in total. The van der Waals surface area contributed by atoms with Crippen LogP contribution in [0.15, 0.2) is 35.5 Å². The Morgan fingerprint density at radius 3 is 2.59 bits per heavy atom. The maximum Gasteiger partial charge on any atom is 0.335 e. The number of rotatable bonds is 9. The van der Waals surface area contributed by atoms with E-state index in [1.165, 1.54) is 0 Å². The lowest BCUT2D eigenvalue weighted by Crippen LogP contribution is -2.70. The van der Waals surface area contributed by atoms with Crippen molar-refractivity contribution in [1.29, 1.82) is 0 Å². The number of esters is 1. The van der Waals surface area contributed by atoms with E-state index in [9.17, 15) is 9.59 Å². The SMILES string of the molecule is C[C@H]1[C@H](OC(=O)CCC(=O)O/N=C(/N)[C@H](O[C@H]2CCCCO2)c2ccccc2)O[C@@H]2O[C@@]3(C)CC[C@@H]4[C@H](C)CC[C@H]1[C@@]24OO3. The molecule has 0 radical (unpaired) electrons. The number of ether oxygens (including phenoxy) is 5. The third-order valence-corrected chi connectivity index (χ3v) is 9.93. The van der Waals surface area contributed by atoms with E-state index in [1.807, 2.05) is 44.2 Å².